The van der Waals surface area contributed by atoms with Gasteiger partial charge in [0.1, 0.15) is 0 Å². The van der Waals surface area contributed by atoms with E-state index in [0.29, 0.717) is 32.5 Å². The molecule has 218 valence electrons. The Kier molecular flexibility index (Phi) is 10.0. The molecule has 2 atom stereocenters. The summed E-state index contributed by atoms with van der Waals surface area (Å²) in [5.41, 5.74) is 5.11. The summed E-state index contributed by atoms with van der Waals surface area (Å²) in [6.07, 6.45) is 4.72. The van der Waals surface area contributed by atoms with Crippen molar-refractivity contribution in [2.45, 2.75) is 50.5 Å². The van der Waals surface area contributed by atoms with Gasteiger partial charge in [-0.1, -0.05) is 84.9 Å². The second-order valence-corrected chi connectivity index (χ2v) is 11.3. The minimum absolute atomic E-state index is 0.124. The van der Waals surface area contributed by atoms with Gasteiger partial charge in [-0.15, -0.1) is 0 Å². The molecule has 1 saturated heterocycles. The maximum absolute atomic E-state index is 13.0. The van der Waals surface area contributed by atoms with Crippen molar-refractivity contribution in [1.82, 2.24) is 10.3 Å². The van der Waals surface area contributed by atoms with Gasteiger partial charge in [-0.25, -0.2) is 4.79 Å². The van der Waals surface area contributed by atoms with E-state index < -0.39 is 0 Å². The highest BCUT2D eigenvalue weighted by atomic mass is 17.1. The van der Waals surface area contributed by atoms with Crippen molar-refractivity contribution in [1.29, 1.82) is 0 Å². The topological polar surface area (TPSA) is 91.7 Å². The molecule has 8 heteroatoms. The van der Waals surface area contributed by atoms with Gasteiger partial charge in [0.15, 0.2) is 0 Å². The quantitative estimate of drug-likeness (QED) is 0.183. The van der Waals surface area contributed by atoms with Gasteiger partial charge in [-0.2, -0.15) is 0 Å². The minimum Gasteiger partial charge on any atom is -0.449 e. The molecule has 8 nitrogen and oxygen atoms in total. The molecule has 1 aliphatic carbocycles. The van der Waals surface area contributed by atoms with Crippen molar-refractivity contribution in [3.05, 3.63) is 96.1 Å². The third-order valence-electron chi connectivity index (χ3n) is 8.19. The second-order valence-electron chi connectivity index (χ2n) is 11.3. The zero-order valence-electron chi connectivity index (χ0n) is 23.4. The standard InChI is InChI=1S/C33H40N2O6/c36-32(39-20-7-8-21-41-35(37)38)34-19-16-30(29-15-9-14-28(22-29)27-12-5-2-6-13-27)31(24-34)40-25-33(17-18-33)23-26-10-3-1-4-11-26/h1-6,9-15,22,30-31,37-38H,7-8,16-21,23-25H2/t30-,31?/m1/s1. The number of piperidine rings is 1. The molecule has 2 N–H and O–H groups in total. The Balaban J connectivity index is 1.24. The van der Waals surface area contributed by atoms with E-state index >= 15 is 0 Å². The van der Waals surface area contributed by atoms with Crippen molar-refractivity contribution in [2.75, 3.05) is 32.9 Å². The van der Waals surface area contributed by atoms with Crippen molar-refractivity contribution < 1.29 is 29.5 Å². The number of ether oxygens (including phenoxy) is 2. The summed E-state index contributed by atoms with van der Waals surface area (Å²) >= 11 is 0. The van der Waals surface area contributed by atoms with Crippen molar-refractivity contribution in [3.8, 4) is 11.1 Å². The molecule has 1 saturated carbocycles. The van der Waals surface area contributed by atoms with Gasteiger partial charge in [0.2, 0.25) is 0 Å². The fraction of sp³-hybridized carbons (Fsp3) is 0.424. The lowest BCUT2D eigenvalue weighted by Gasteiger charge is -2.39. The van der Waals surface area contributed by atoms with E-state index in [9.17, 15) is 4.79 Å². The highest BCUT2D eigenvalue weighted by Gasteiger charge is 2.44. The lowest BCUT2D eigenvalue weighted by atomic mass is 9.85. The van der Waals surface area contributed by atoms with Crippen LogP contribution in [0, 0.1) is 5.41 Å². The number of nitrogens with zero attached hydrogens (tertiary/aromatic N) is 2. The number of likely N-dealkylation sites (tertiary alicyclic amines) is 1. The molecule has 5 rings (SSSR count). The monoisotopic (exact) mass is 560 g/mol. The lowest BCUT2D eigenvalue weighted by molar-refractivity contribution is -0.492. The van der Waals surface area contributed by atoms with Crippen LogP contribution in [0.3, 0.4) is 0 Å². The van der Waals surface area contributed by atoms with E-state index in [1.807, 2.05) is 6.07 Å². The first-order valence-corrected chi connectivity index (χ1v) is 14.5. The molecule has 2 aliphatic rings. The third-order valence-corrected chi connectivity index (χ3v) is 8.19. The number of rotatable bonds is 13. The summed E-state index contributed by atoms with van der Waals surface area (Å²) in [5.74, 6) is 0.173. The van der Waals surface area contributed by atoms with Crippen molar-refractivity contribution >= 4 is 6.09 Å². The number of carbonyl (C=O) groups excluding carboxylic acids is 1. The summed E-state index contributed by atoms with van der Waals surface area (Å²) in [5, 5.41) is 16.9. The van der Waals surface area contributed by atoms with Gasteiger partial charge in [0.05, 0.1) is 37.9 Å². The maximum Gasteiger partial charge on any atom is 0.409 e. The van der Waals surface area contributed by atoms with Crippen molar-refractivity contribution in [2.24, 2.45) is 5.41 Å². The van der Waals surface area contributed by atoms with E-state index in [1.165, 1.54) is 22.3 Å². The van der Waals surface area contributed by atoms with E-state index in [-0.39, 0.29) is 42.1 Å². The van der Waals surface area contributed by atoms with E-state index in [2.05, 4.69) is 83.7 Å². The van der Waals surface area contributed by atoms with Crippen LogP contribution in [0.1, 0.15) is 49.1 Å². The Morgan fingerprint density at radius 2 is 1.61 bits per heavy atom. The molecule has 3 aromatic carbocycles. The van der Waals surface area contributed by atoms with Crippen LogP contribution in [0.5, 0.6) is 0 Å². The van der Waals surface area contributed by atoms with Crippen LogP contribution in [0.4, 0.5) is 4.79 Å². The van der Waals surface area contributed by atoms with E-state index in [1.54, 1.807) is 4.90 Å². The molecule has 1 aliphatic heterocycles. The Hall–Kier alpha value is -3.27. The average Bonchev–Trinajstić information content (AvgIpc) is 3.77. The first kappa shape index (κ1) is 29.2. The molecule has 1 amide bonds. The largest absolute Gasteiger partial charge is 0.449 e. The maximum atomic E-state index is 13.0. The van der Waals surface area contributed by atoms with Crippen LogP contribution in [0.25, 0.3) is 11.1 Å². The van der Waals surface area contributed by atoms with E-state index in [0.717, 1.165) is 25.7 Å². The number of hydrogen-bond donors (Lipinski definition) is 2. The minimum atomic E-state index is -0.340. The fourth-order valence-electron chi connectivity index (χ4n) is 5.67. The number of carbonyl (C=O) groups is 1. The predicted molar refractivity (Wildman–Crippen MR) is 154 cm³/mol. The molecule has 0 radical (unpaired) electrons. The summed E-state index contributed by atoms with van der Waals surface area (Å²) in [6.45, 7) is 2.12. The first-order valence-electron chi connectivity index (χ1n) is 14.5. The molecule has 0 aromatic heterocycles. The Morgan fingerprint density at radius 3 is 2.34 bits per heavy atom. The van der Waals surface area contributed by atoms with Gasteiger partial charge in [-0.05, 0) is 66.2 Å². The molecular weight excluding hydrogens is 520 g/mol. The molecule has 3 aromatic rings. The highest BCUT2D eigenvalue weighted by molar-refractivity contribution is 5.68. The zero-order valence-corrected chi connectivity index (χ0v) is 23.4. The number of amides is 1. The second kappa shape index (κ2) is 14.1. The zero-order chi connectivity index (χ0) is 28.5. The van der Waals surface area contributed by atoms with Gasteiger partial charge in [0.25, 0.3) is 0 Å². The molecule has 2 fully saturated rings. The van der Waals surface area contributed by atoms with Gasteiger partial charge in [0, 0.05) is 12.5 Å². The fourth-order valence-corrected chi connectivity index (χ4v) is 5.67. The van der Waals surface area contributed by atoms with Crippen LogP contribution in [0.15, 0.2) is 84.9 Å². The summed E-state index contributed by atoms with van der Waals surface area (Å²) in [6, 6.07) is 29.7. The van der Waals surface area contributed by atoms with Crippen LogP contribution >= 0.6 is 0 Å². The van der Waals surface area contributed by atoms with Crippen LogP contribution in [-0.4, -0.2) is 65.8 Å². The smallest absolute Gasteiger partial charge is 0.409 e. The lowest BCUT2D eigenvalue weighted by Crippen LogP contribution is -2.47. The summed E-state index contributed by atoms with van der Waals surface area (Å²) < 4.78 is 12.3. The summed E-state index contributed by atoms with van der Waals surface area (Å²) in [7, 11) is 0. The Labute approximate surface area is 241 Å². The number of benzene rings is 3. The van der Waals surface area contributed by atoms with Gasteiger partial charge in [-0.3, -0.25) is 15.3 Å². The summed E-state index contributed by atoms with van der Waals surface area (Å²) in [4.78, 5) is 19.3. The molecule has 0 spiro atoms. The van der Waals surface area contributed by atoms with Gasteiger partial charge >= 0.3 is 6.09 Å². The number of hydrogen-bond acceptors (Lipinski definition) is 7. The first-order chi connectivity index (χ1) is 20.0. The van der Waals surface area contributed by atoms with E-state index in [4.69, 9.17) is 19.9 Å². The molecule has 1 unspecified atom stereocenters. The normalized spacial score (nSPS) is 19.7. The highest BCUT2D eigenvalue weighted by Crippen LogP contribution is 2.49. The third kappa shape index (κ3) is 8.38. The Bertz CT molecular complexity index is 1230. The predicted octanol–water partition coefficient (Wildman–Crippen LogP) is 6.48. The average molecular weight is 561 g/mol. The molecular formula is C33H40N2O6. The van der Waals surface area contributed by atoms with Gasteiger partial charge < -0.3 is 14.4 Å². The number of unbranched alkanes of at least 4 members (excludes halogenated alkanes) is 1. The van der Waals surface area contributed by atoms with Crippen LogP contribution < -0.4 is 0 Å². The Morgan fingerprint density at radius 1 is 0.902 bits per heavy atom. The van der Waals surface area contributed by atoms with Crippen LogP contribution in [0.2, 0.25) is 0 Å². The molecule has 1 heterocycles. The van der Waals surface area contributed by atoms with Crippen LogP contribution in [-0.2, 0) is 20.7 Å². The molecule has 41 heavy (non-hydrogen) atoms. The van der Waals surface area contributed by atoms with Crippen molar-refractivity contribution in [3.63, 3.8) is 0 Å². The molecule has 0 bridgehead atoms. The SMILES string of the molecule is O=C(OCCCCON(O)O)N1CC[C@H](c2cccc(-c3ccccc3)c2)C(OCC2(Cc3ccccc3)CC2)C1.